The minimum absolute atomic E-state index is 0.00362. The SMILES string of the molecule is C=CCCCCCCCCC(=O)OCC[N+](C)(CCOC(=O)CCCCCCCCC=C)C(CC)S(=O)(=O)[O-]. The van der Waals surface area contributed by atoms with Crippen LogP contribution in [0.2, 0.25) is 0 Å². The summed E-state index contributed by atoms with van der Waals surface area (Å²) >= 11 is 0. The zero-order chi connectivity index (χ0) is 29.4. The Bertz CT molecular complexity index is 740. The molecular weight excluding hydrogens is 518 g/mol. The first-order valence-electron chi connectivity index (χ1n) is 14.9. The number of likely N-dealkylation sites (N-methyl/N-ethyl adjacent to an activating group) is 1. The lowest BCUT2D eigenvalue weighted by atomic mass is 10.1. The first-order valence-corrected chi connectivity index (χ1v) is 16.4. The van der Waals surface area contributed by atoms with E-state index in [2.05, 4.69) is 13.2 Å². The number of carbonyl (C=O) groups is 2. The van der Waals surface area contributed by atoms with Crippen molar-refractivity contribution in [2.45, 2.75) is 121 Å². The standard InChI is InChI=1S/C30H55NO7S/c1-5-8-10-12-14-16-18-20-22-29(32)37-26-24-31(4,28(7-3)39(34,35)36)25-27-38-30(33)23-21-19-17-15-13-11-9-6-2/h5-6,28H,1-2,7-27H2,3-4H3. The molecule has 0 aromatic heterocycles. The normalized spacial score (nSPS) is 12.6. The molecule has 0 bridgehead atoms. The molecule has 0 N–H and O–H groups in total. The van der Waals surface area contributed by atoms with Crippen LogP contribution in [0.3, 0.4) is 0 Å². The Hall–Kier alpha value is -1.71. The van der Waals surface area contributed by atoms with Gasteiger partial charge in [-0.05, 0) is 38.5 Å². The monoisotopic (exact) mass is 573 g/mol. The van der Waals surface area contributed by atoms with Crippen molar-refractivity contribution in [2.24, 2.45) is 0 Å². The van der Waals surface area contributed by atoms with Crippen molar-refractivity contribution in [1.29, 1.82) is 0 Å². The van der Waals surface area contributed by atoms with Gasteiger partial charge in [0.15, 0.2) is 5.37 Å². The van der Waals surface area contributed by atoms with Crippen molar-refractivity contribution in [2.75, 3.05) is 33.4 Å². The van der Waals surface area contributed by atoms with Crippen molar-refractivity contribution in [1.82, 2.24) is 0 Å². The smallest absolute Gasteiger partial charge is 0.305 e. The summed E-state index contributed by atoms with van der Waals surface area (Å²) in [4.78, 5) is 24.3. The second-order valence-electron chi connectivity index (χ2n) is 10.6. The molecular formula is C30H55NO7S. The summed E-state index contributed by atoms with van der Waals surface area (Å²) in [7, 11) is -2.96. The molecule has 0 amide bonds. The number of unbranched alkanes of at least 4 members (excludes halogenated alkanes) is 12. The van der Waals surface area contributed by atoms with Gasteiger partial charge in [-0.2, -0.15) is 0 Å². The summed E-state index contributed by atoms with van der Waals surface area (Å²) in [5.74, 6) is -0.642. The minimum atomic E-state index is -4.60. The average Bonchev–Trinajstić information content (AvgIpc) is 2.86. The average molecular weight is 574 g/mol. The molecule has 0 aliphatic rings. The molecule has 1 unspecified atom stereocenters. The lowest BCUT2D eigenvalue weighted by Gasteiger charge is -2.41. The highest BCUT2D eigenvalue weighted by Crippen LogP contribution is 2.19. The van der Waals surface area contributed by atoms with E-state index in [0.29, 0.717) is 12.8 Å². The number of hydrogen-bond donors (Lipinski definition) is 0. The van der Waals surface area contributed by atoms with E-state index in [1.807, 2.05) is 12.2 Å². The van der Waals surface area contributed by atoms with E-state index < -0.39 is 15.5 Å². The molecule has 0 aromatic rings. The van der Waals surface area contributed by atoms with Crippen LogP contribution in [0, 0.1) is 0 Å². The van der Waals surface area contributed by atoms with Gasteiger partial charge in [0, 0.05) is 19.3 Å². The number of nitrogens with zero attached hydrogens (tertiary/aromatic N) is 1. The fourth-order valence-corrected chi connectivity index (χ4v) is 6.01. The third kappa shape index (κ3) is 19.9. The molecule has 0 spiro atoms. The van der Waals surface area contributed by atoms with Crippen molar-refractivity contribution < 1.29 is 36.5 Å². The van der Waals surface area contributed by atoms with E-state index >= 15 is 0 Å². The van der Waals surface area contributed by atoms with Crippen LogP contribution in [0.4, 0.5) is 0 Å². The van der Waals surface area contributed by atoms with Gasteiger partial charge in [0.1, 0.15) is 36.4 Å². The van der Waals surface area contributed by atoms with Crippen molar-refractivity contribution in [3.05, 3.63) is 25.3 Å². The molecule has 0 saturated heterocycles. The van der Waals surface area contributed by atoms with Crippen molar-refractivity contribution >= 4 is 22.1 Å². The van der Waals surface area contributed by atoms with Crippen LogP contribution in [0.1, 0.15) is 116 Å². The molecule has 0 aliphatic carbocycles. The maximum Gasteiger partial charge on any atom is 0.305 e. The van der Waals surface area contributed by atoms with Crippen LogP contribution in [0.15, 0.2) is 25.3 Å². The van der Waals surface area contributed by atoms with Gasteiger partial charge in [0.2, 0.25) is 0 Å². The van der Waals surface area contributed by atoms with Crippen LogP contribution in [0.5, 0.6) is 0 Å². The van der Waals surface area contributed by atoms with E-state index in [-0.39, 0.29) is 49.1 Å². The zero-order valence-corrected chi connectivity index (χ0v) is 25.5. The number of esters is 2. The predicted molar refractivity (Wildman–Crippen MR) is 156 cm³/mol. The highest BCUT2D eigenvalue weighted by Gasteiger charge is 2.36. The molecule has 0 saturated carbocycles. The minimum Gasteiger partial charge on any atom is -0.743 e. The summed E-state index contributed by atoms with van der Waals surface area (Å²) in [6, 6.07) is 0. The Morgan fingerprint density at radius 3 is 1.44 bits per heavy atom. The largest absolute Gasteiger partial charge is 0.743 e. The van der Waals surface area contributed by atoms with Gasteiger partial charge in [-0.15, -0.1) is 13.2 Å². The molecule has 9 heteroatoms. The van der Waals surface area contributed by atoms with E-state index in [9.17, 15) is 22.6 Å². The van der Waals surface area contributed by atoms with Crippen LogP contribution in [-0.2, 0) is 29.2 Å². The summed E-state index contributed by atoms with van der Waals surface area (Å²) in [6.07, 6.45) is 19.2. The summed E-state index contributed by atoms with van der Waals surface area (Å²) in [5, 5.41) is -1.21. The van der Waals surface area contributed by atoms with Gasteiger partial charge < -0.3 is 18.5 Å². The van der Waals surface area contributed by atoms with E-state index in [1.165, 1.54) is 12.8 Å². The lowest BCUT2D eigenvalue weighted by molar-refractivity contribution is -0.920. The summed E-state index contributed by atoms with van der Waals surface area (Å²) in [6.45, 7) is 9.39. The quantitative estimate of drug-likeness (QED) is 0.0367. The maximum atomic E-state index is 12.2. The molecule has 0 heterocycles. The second kappa shape index (κ2) is 23.0. The predicted octanol–water partition coefficient (Wildman–Crippen LogP) is 6.41. The fraction of sp³-hybridized carbons (Fsp3) is 0.800. The molecule has 0 aromatic carbocycles. The maximum absolute atomic E-state index is 12.2. The third-order valence-electron chi connectivity index (χ3n) is 7.19. The molecule has 0 rings (SSSR count). The zero-order valence-electron chi connectivity index (χ0n) is 24.7. The van der Waals surface area contributed by atoms with Gasteiger partial charge in [0.25, 0.3) is 0 Å². The molecule has 8 nitrogen and oxygen atoms in total. The number of rotatable bonds is 27. The summed E-state index contributed by atoms with van der Waals surface area (Å²) in [5.41, 5.74) is 0. The van der Waals surface area contributed by atoms with Crippen LogP contribution < -0.4 is 0 Å². The van der Waals surface area contributed by atoms with Gasteiger partial charge >= 0.3 is 11.9 Å². The number of hydrogen-bond acceptors (Lipinski definition) is 7. The van der Waals surface area contributed by atoms with Crippen LogP contribution >= 0.6 is 0 Å². The molecule has 39 heavy (non-hydrogen) atoms. The second-order valence-corrected chi connectivity index (χ2v) is 12.2. The first-order chi connectivity index (χ1) is 18.6. The number of ether oxygens (including phenoxy) is 2. The summed E-state index contributed by atoms with van der Waals surface area (Å²) < 4.78 is 46.5. The topological polar surface area (TPSA) is 110 Å². The molecule has 228 valence electrons. The van der Waals surface area contributed by atoms with E-state index in [0.717, 1.165) is 77.0 Å². The molecule has 0 fully saturated rings. The first kappa shape index (κ1) is 37.3. The number of allylic oxidation sites excluding steroid dienone is 2. The van der Waals surface area contributed by atoms with Crippen LogP contribution in [0.25, 0.3) is 0 Å². The van der Waals surface area contributed by atoms with Crippen molar-refractivity contribution in [3.8, 4) is 0 Å². The Morgan fingerprint density at radius 2 is 1.10 bits per heavy atom. The Balaban J connectivity index is 4.47. The van der Waals surface area contributed by atoms with Gasteiger partial charge in [0.05, 0.1) is 7.05 Å². The fourth-order valence-electron chi connectivity index (χ4n) is 4.77. The third-order valence-corrected chi connectivity index (χ3v) is 8.70. The molecule has 1 atom stereocenters. The Morgan fingerprint density at radius 1 is 0.744 bits per heavy atom. The highest BCUT2D eigenvalue weighted by atomic mass is 32.2. The van der Waals surface area contributed by atoms with Gasteiger partial charge in [-0.3, -0.25) is 9.59 Å². The molecule has 0 radical (unpaired) electrons. The number of quaternary nitrogens is 1. The number of carbonyl (C=O) groups excluding carboxylic acids is 2. The lowest BCUT2D eigenvalue weighted by Crippen LogP contribution is -2.58. The molecule has 0 aliphatic heterocycles. The van der Waals surface area contributed by atoms with Crippen LogP contribution in [-0.4, -0.2) is 68.1 Å². The van der Waals surface area contributed by atoms with Gasteiger partial charge in [-0.1, -0.05) is 70.4 Å². The van der Waals surface area contributed by atoms with Crippen molar-refractivity contribution in [3.63, 3.8) is 0 Å². The Kier molecular flexibility index (Phi) is 22.0. The van der Waals surface area contributed by atoms with Gasteiger partial charge in [-0.25, -0.2) is 8.42 Å². The highest BCUT2D eigenvalue weighted by molar-refractivity contribution is 7.86. The van der Waals surface area contributed by atoms with E-state index in [4.69, 9.17) is 9.47 Å². The Labute approximate surface area is 238 Å². The van der Waals surface area contributed by atoms with E-state index in [1.54, 1.807) is 14.0 Å².